The quantitative estimate of drug-likeness (QED) is 0.794. The Hall–Kier alpha value is -1.94. The van der Waals surface area contributed by atoms with Gasteiger partial charge in [-0.3, -0.25) is 9.59 Å². The molecule has 0 spiro atoms. The van der Waals surface area contributed by atoms with Crippen LogP contribution in [0.5, 0.6) is 0 Å². The van der Waals surface area contributed by atoms with Gasteiger partial charge in [-0.05, 0) is 42.8 Å². The highest BCUT2D eigenvalue weighted by atomic mass is 79.9. The third kappa shape index (κ3) is 2.90. The third-order valence-electron chi connectivity index (χ3n) is 3.60. The van der Waals surface area contributed by atoms with Crippen LogP contribution in [0.4, 0.5) is 5.69 Å². The van der Waals surface area contributed by atoms with Gasteiger partial charge in [-0.15, -0.1) is 0 Å². The van der Waals surface area contributed by atoms with Crippen LogP contribution >= 0.6 is 15.9 Å². The molecule has 0 bridgehead atoms. The minimum absolute atomic E-state index is 0.0180. The standard InChI is InChI=1S/C17H14BrNO2/c18-14-4-1-3-13(11-14)17(21)12-6-8-15(9-7-12)19-10-2-5-16(19)20/h1,3-4,6-9,11H,2,5,10H2. The van der Waals surface area contributed by atoms with E-state index in [0.717, 1.165) is 23.1 Å². The number of benzene rings is 2. The Morgan fingerprint density at radius 3 is 2.43 bits per heavy atom. The summed E-state index contributed by atoms with van der Waals surface area (Å²) in [5.74, 6) is 0.136. The van der Waals surface area contributed by atoms with Crippen molar-refractivity contribution in [1.82, 2.24) is 0 Å². The first-order chi connectivity index (χ1) is 10.1. The second-order valence-electron chi connectivity index (χ2n) is 5.04. The summed E-state index contributed by atoms with van der Waals surface area (Å²) in [5, 5.41) is 0. The van der Waals surface area contributed by atoms with E-state index in [1.807, 2.05) is 24.3 Å². The molecule has 0 aliphatic carbocycles. The Morgan fingerprint density at radius 2 is 1.81 bits per heavy atom. The fourth-order valence-electron chi connectivity index (χ4n) is 2.51. The van der Waals surface area contributed by atoms with Crippen molar-refractivity contribution in [1.29, 1.82) is 0 Å². The number of hydrogen-bond donors (Lipinski definition) is 0. The minimum Gasteiger partial charge on any atom is -0.312 e. The van der Waals surface area contributed by atoms with E-state index in [2.05, 4.69) is 15.9 Å². The summed E-state index contributed by atoms with van der Waals surface area (Å²) in [6, 6.07) is 14.6. The highest BCUT2D eigenvalue weighted by Gasteiger charge is 2.21. The number of amides is 1. The van der Waals surface area contributed by atoms with Crippen molar-refractivity contribution in [2.75, 3.05) is 11.4 Å². The minimum atomic E-state index is -0.0180. The molecule has 1 aliphatic rings. The Bertz CT molecular complexity index is 694. The summed E-state index contributed by atoms with van der Waals surface area (Å²) in [6.45, 7) is 0.762. The van der Waals surface area contributed by atoms with Gasteiger partial charge >= 0.3 is 0 Å². The van der Waals surface area contributed by atoms with Crippen molar-refractivity contribution in [3.8, 4) is 0 Å². The number of carbonyl (C=O) groups excluding carboxylic acids is 2. The maximum Gasteiger partial charge on any atom is 0.227 e. The van der Waals surface area contributed by atoms with E-state index in [-0.39, 0.29) is 11.7 Å². The predicted molar refractivity (Wildman–Crippen MR) is 85.6 cm³/mol. The van der Waals surface area contributed by atoms with Crippen LogP contribution in [0.3, 0.4) is 0 Å². The van der Waals surface area contributed by atoms with E-state index in [1.54, 1.807) is 29.2 Å². The summed E-state index contributed by atoms with van der Waals surface area (Å²) < 4.78 is 0.882. The molecule has 3 rings (SSSR count). The molecular weight excluding hydrogens is 330 g/mol. The van der Waals surface area contributed by atoms with Crippen LogP contribution < -0.4 is 4.90 Å². The second-order valence-corrected chi connectivity index (χ2v) is 5.95. The Kier molecular flexibility index (Phi) is 3.88. The number of rotatable bonds is 3. The Labute approximate surface area is 131 Å². The number of hydrogen-bond acceptors (Lipinski definition) is 2. The zero-order valence-corrected chi connectivity index (χ0v) is 13.0. The van der Waals surface area contributed by atoms with Gasteiger partial charge in [0.25, 0.3) is 0 Å². The SMILES string of the molecule is O=C(c1ccc(N2CCCC2=O)cc1)c1cccc(Br)c1. The average molecular weight is 344 g/mol. The molecule has 1 amide bonds. The van der Waals surface area contributed by atoms with Crippen LogP contribution in [0.15, 0.2) is 53.0 Å². The summed E-state index contributed by atoms with van der Waals surface area (Å²) in [7, 11) is 0. The lowest BCUT2D eigenvalue weighted by Crippen LogP contribution is -2.23. The van der Waals surface area contributed by atoms with Crippen molar-refractivity contribution < 1.29 is 9.59 Å². The van der Waals surface area contributed by atoms with Crippen LogP contribution in [0.2, 0.25) is 0 Å². The lowest BCUT2D eigenvalue weighted by molar-refractivity contribution is -0.117. The smallest absolute Gasteiger partial charge is 0.227 e. The van der Waals surface area contributed by atoms with Gasteiger partial charge in [-0.1, -0.05) is 28.1 Å². The van der Waals surface area contributed by atoms with Gasteiger partial charge in [-0.25, -0.2) is 0 Å². The molecule has 0 saturated carbocycles. The molecule has 2 aromatic carbocycles. The first kappa shape index (κ1) is 14.0. The fourth-order valence-corrected chi connectivity index (χ4v) is 2.91. The molecule has 0 unspecified atom stereocenters. The molecule has 0 N–H and O–H groups in total. The molecule has 1 aliphatic heterocycles. The van der Waals surface area contributed by atoms with E-state index in [1.165, 1.54) is 0 Å². The van der Waals surface area contributed by atoms with Crippen LogP contribution in [-0.4, -0.2) is 18.2 Å². The topological polar surface area (TPSA) is 37.4 Å². The lowest BCUT2D eigenvalue weighted by atomic mass is 10.0. The largest absolute Gasteiger partial charge is 0.312 e. The van der Waals surface area contributed by atoms with E-state index < -0.39 is 0 Å². The zero-order valence-electron chi connectivity index (χ0n) is 11.4. The van der Waals surface area contributed by atoms with E-state index in [4.69, 9.17) is 0 Å². The summed E-state index contributed by atoms with van der Waals surface area (Å²) >= 11 is 3.37. The van der Waals surface area contributed by atoms with Gasteiger partial charge in [-0.2, -0.15) is 0 Å². The highest BCUT2D eigenvalue weighted by Crippen LogP contribution is 2.23. The van der Waals surface area contributed by atoms with Gasteiger partial charge in [0, 0.05) is 34.3 Å². The summed E-state index contributed by atoms with van der Waals surface area (Å²) in [5.41, 5.74) is 2.14. The Balaban J connectivity index is 1.84. The van der Waals surface area contributed by atoms with Gasteiger partial charge < -0.3 is 4.90 Å². The zero-order chi connectivity index (χ0) is 14.8. The van der Waals surface area contributed by atoms with Gasteiger partial charge in [0.1, 0.15) is 0 Å². The maximum atomic E-state index is 12.4. The van der Waals surface area contributed by atoms with Crippen LogP contribution in [0.25, 0.3) is 0 Å². The summed E-state index contributed by atoms with van der Waals surface area (Å²) in [6.07, 6.45) is 1.51. The second kappa shape index (κ2) is 5.82. The monoisotopic (exact) mass is 343 g/mol. The first-order valence-electron chi connectivity index (χ1n) is 6.86. The third-order valence-corrected chi connectivity index (χ3v) is 4.09. The molecule has 2 aromatic rings. The van der Waals surface area contributed by atoms with Crippen molar-refractivity contribution in [3.63, 3.8) is 0 Å². The molecule has 1 saturated heterocycles. The molecule has 21 heavy (non-hydrogen) atoms. The van der Waals surface area contributed by atoms with Crippen molar-refractivity contribution >= 4 is 33.3 Å². The predicted octanol–water partition coefficient (Wildman–Crippen LogP) is 3.81. The van der Waals surface area contributed by atoms with Crippen molar-refractivity contribution in [2.24, 2.45) is 0 Å². The summed E-state index contributed by atoms with van der Waals surface area (Å²) in [4.78, 5) is 25.9. The molecule has 106 valence electrons. The molecule has 0 aromatic heterocycles. The average Bonchev–Trinajstić information content (AvgIpc) is 2.93. The number of halogens is 1. The first-order valence-corrected chi connectivity index (χ1v) is 7.65. The number of nitrogens with zero attached hydrogens (tertiary/aromatic N) is 1. The van der Waals surface area contributed by atoms with E-state index in [0.29, 0.717) is 17.5 Å². The van der Waals surface area contributed by atoms with Crippen molar-refractivity contribution in [3.05, 3.63) is 64.1 Å². The van der Waals surface area contributed by atoms with E-state index >= 15 is 0 Å². The van der Waals surface area contributed by atoms with Crippen molar-refractivity contribution in [2.45, 2.75) is 12.8 Å². The molecular formula is C17H14BrNO2. The molecule has 3 nitrogen and oxygen atoms in total. The molecule has 1 fully saturated rings. The van der Waals surface area contributed by atoms with Crippen LogP contribution in [-0.2, 0) is 4.79 Å². The van der Waals surface area contributed by atoms with Crippen LogP contribution in [0, 0.1) is 0 Å². The lowest BCUT2D eigenvalue weighted by Gasteiger charge is -2.15. The molecule has 4 heteroatoms. The maximum absolute atomic E-state index is 12.4. The fraction of sp³-hybridized carbons (Fsp3) is 0.176. The number of anilines is 1. The molecule has 0 radical (unpaired) electrons. The molecule has 0 atom stereocenters. The molecule has 1 heterocycles. The number of ketones is 1. The van der Waals surface area contributed by atoms with Gasteiger partial charge in [0.15, 0.2) is 5.78 Å². The van der Waals surface area contributed by atoms with Gasteiger partial charge in [0.05, 0.1) is 0 Å². The number of carbonyl (C=O) groups is 2. The highest BCUT2D eigenvalue weighted by molar-refractivity contribution is 9.10. The normalized spacial score (nSPS) is 14.5. The van der Waals surface area contributed by atoms with Crippen LogP contribution in [0.1, 0.15) is 28.8 Å². The van der Waals surface area contributed by atoms with E-state index in [9.17, 15) is 9.59 Å². The Morgan fingerprint density at radius 1 is 1.05 bits per heavy atom. The van der Waals surface area contributed by atoms with Gasteiger partial charge in [0.2, 0.25) is 5.91 Å².